The fraction of sp³-hybridized carbons (Fsp3) is 0.348. The van der Waals surface area contributed by atoms with E-state index in [1.807, 2.05) is 60.3 Å². The van der Waals surface area contributed by atoms with Gasteiger partial charge < -0.3 is 5.32 Å². The van der Waals surface area contributed by atoms with Gasteiger partial charge in [-0.25, -0.2) is 4.68 Å². The summed E-state index contributed by atoms with van der Waals surface area (Å²) in [4.78, 5) is 16.9. The quantitative estimate of drug-likeness (QED) is 0.655. The first kappa shape index (κ1) is 20.3. The molecule has 1 aliphatic heterocycles. The van der Waals surface area contributed by atoms with E-state index < -0.39 is 0 Å². The Labute approximate surface area is 177 Å². The first-order valence-electron chi connectivity index (χ1n) is 10.4. The molecule has 2 heterocycles. The molecule has 30 heavy (non-hydrogen) atoms. The predicted octanol–water partition coefficient (Wildman–Crippen LogP) is 2.39. The van der Waals surface area contributed by atoms with Crippen molar-refractivity contribution >= 4 is 11.6 Å². The summed E-state index contributed by atoms with van der Waals surface area (Å²) in [5, 5.41) is 11.5. The van der Waals surface area contributed by atoms with Crippen molar-refractivity contribution in [3.63, 3.8) is 0 Å². The molecule has 2 aromatic carbocycles. The van der Waals surface area contributed by atoms with E-state index in [9.17, 15) is 4.79 Å². The summed E-state index contributed by atoms with van der Waals surface area (Å²) >= 11 is 0. The molecule has 156 valence electrons. The van der Waals surface area contributed by atoms with E-state index in [0.29, 0.717) is 6.54 Å². The predicted molar refractivity (Wildman–Crippen MR) is 117 cm³/mol. The average molecular weight is 405 g/mol. The Balaban J connectivity index is 1.20. The Morgan fingerprint density at radius 1 is 0.933 bits per heavy atom. The molecule has 1 saturated heterocycles. The minimum absolute atomic E-state index is 0.0381. The average Bonchev–Trinajstić information content (AvgIpc) is 3.18. The minimum atomic E-state index is 0.0381. The fourth-order valence-electron chi connectivity index (χ4n) is 3.63. The summed E-state index contributed by atoms with van der Waals surface area (Å²) in [6.45, 7) is 7.57. The number of nitrogens with zero attached hydrogens (tertiary/aromatic N) is 5. The van der Waals surface area contributed by atoms with Crippen molar-refractivity contribution in [2.24, 2.45) is 0 Å². The van der Waals surface area contributed by atoms with Gasteiger partial charge in [0.1, 0.15) is 0 Å². The molecule has 7 nitrogen and oxygen atoms in total. The van der Waals surface area contributed by atoms with Crippen molar-refractivity contribution in [3.05, 3.63) is 77.6 Å². The Hall–Kier alpha value is -3.03. The lowest BCUT2D eigenvalue weighted by Crippen LogP contribution is -2.48. The zero-order valence-corrected chi connectivity index (χ0v) is 17.4. The van der Waals surface area contributed by atoms with Crippen LogP contribution >= 0.6 is 0 Å². The highest BCUT2D eigenvalue weighted by molar-refractivity contribution is 5.92. The third-order valence-electron chi connectivity index (χ3n) is 5.33. The maximum Gasteiger partial charge on any atom is 0.238 e. The van der Waals surface area contributed by atoms with Crippen molar-refractivity contribution < 1.29 is 4.79 Å². The molecule has 0 aliphatic carbocycles. The zero-order valence-electron chi connectivity index (χ0n) is 17.4. The van der Waals surface area contributed by atoms with E-state index in [-0.39, 0.29) is 5.91 Å². The number of aromatic nitrogens is 3. The Kier molecular flexibility index (Phi) is 6.51. The molecule has 0 atom stereocenters. The van der Waals surface area contributed by atoms with E-state index in [1.54, 1.807) is 0 Å². The number of rotatable bonds is 7. The number of nitrogens with one attached hydrogen (secondary N) is 1. The molecule has 7 heteroatoms. The van der Waals surface area contributed by atoms with Gasteiger partial charge in [0.15, 0.2) is 0 Å². The van der Waals surface area contributed by atoms with Crippen LogP contribution in [0.4, 0.5) is 5.69 Å². The molecule has 4 rings (SSSR count). The highest BCUT2D eigenvalue weighted by atomic mass is 16.2. The number of amides is 1. The van der Waals surface area contributed by atoms with E-state index >= 15 is 0 Å². The van der Waals surface area contributed by atoms with Crippen molar-refractivity contribution in [1.82, 2.24) is 24.8 Å². The van der Waals surface area contributed by atoms with Crippen LogP contribution in [0.15, 0.2) is 60.8 Å². The molecule has 0 radical (unpaired) electrons. The van der Waals surface area contributed by atoms with Gasteiger partial charge in [0.2, 0.25) is 5.91 Å². The summed E-state index contributed by atoms with van der Waals surface area (Å²) in [5.74, 6) is 0.0381. The number of carbonyl (C=O) groups is 1. The maximum atomic E-state index is 12.3. The Bertz CT molecular complexity index is 945. The highest BCUT2D eigenvalue weighted by Crippen LogP contribution is 2.10. The molecule has 0 bridgehead atoms. The topological polar surface area (TPSA) is 66.3 Å². The first-order valence-corrected chi connectivity index (χ1v) is 10.4. The van der Waals surface area contributed by atoms with Gasteiger partial charge in [-0.05, 0) is 24.6 Å². The summed E-state index contributed by atoms with van der Waals surface area (Å²) in [6.07, 6.45) is 2.02. The Morgan fingerprint density at radius 3 is 2.37 bits per heavy atom. The molecule has 0 unspecified atom stereocenters. The molecular weight excluding hydrogens is 376 g/mol. The minimum Gasteiger partial charge on any atom is -0.325 e. The van der Waals surface area contributed by atoms with Crippen molar-refractivity contribution in [2.75, 3.05) is 38.0 Å². The molecule has 0 saturated carbocycles. The van der Waals surface area contributed by atoms with Crippen LogP contribution in [-0.2, 0) is 17.9 Å². The van der Waals surface area contributed by atoms with E-state index in [1.165, 1.54) is 11.1 Å². The van der Waals surface area contributed by atoms with Gasteiger partial charge in [0, 0.05) is 38.4 Å². The van der Waals surface area contributed by atoms with Crippen LogP contribution in [-0.4, -0.2) is 63.4 Å². The van der Waals surface area contributed by atoms with Crippen LogP contribution in [0.5, 0.6) is 0 Å². The molecule has 1 aromatic heterocycles. The van der Waals surface area contributed by atoms with E-state index in [0.717, 1.165) is 50.6 Å². The number of aryl methyl sites for hydroxylation is 1. The lowest BCUT2D eigenvalue weighted by Gasteiger charge is -2.33. The van der Waals surface area contributed by atoms with Crippen molar-refractivity contribution in [2.45, 2.75) is 20.0 Å². The second kappa shape index (κ2) is 9.65. The molecular formula is C23H28N6O. The van der Waals surface area contributed by atoms with E-state index in [4.69, 9.17) is 0 Å². The number of benzene rings is 2. The Morgan fingerprint density at radius 2 is 1.63 bits per heavy atom. The first-order chi connectivity index (χ1) is 14.6. The van der Waals surface area contributed by atoms with Crippen molar-refractivity contribution in [3.8, 4) is 0 Å². The highest BCUT2D eigenvalue weighted by Gasteiger charge is 2.20. The van der Waals surface area contributed by atoms with Gasteiger partial charge in [-0.1, -0.05) is 53.2 Å². The summed E-state index contributed by atoms with van der Waals surface area (Å²) in [5.41, 5.74) is 4.23. The lowest BCUT2D eigenvalue weighted by atomic mass is 10.2. The van der Waals surface area contributed by atoms with Crippen LogP contribution in [0.25, 0.3) is 0 Å². The van der Waals surface area contributed by atoms with Gasteiger partial charge in [0.05, 0.1) is 25.0 Å². The number of piperazine rings is 1. The molecule has 1 aliphatic rings. The van der Waals surface area contributed by atoms with Crippen LogP contribution in [0.2, 0.25) is 0 Å². The molecule has 0 spiro atoms. The van der Waals surface area contributed by atoms with Gasteiger partial charge >= 0.3 is 0 Å². The van der Waals surface area contributed by atoms with Crippen molar-refractivity contribution in [1.29, 1.82) is 0 Å². The zero-order chi connectivity index (χ0) is 20.8. The summed E-state index contributed by atoms with van der Waals surface area (Å²) < 4.78 is 1.89. The van der Waals surface area contributed by atoms with Crippen LogP contribution in [0.1, 0.15) is 16.8 Å². The van der Waals surface area contributed by atoms with Crippen LogP contribution in [0.3, 0.4) is 0 Å². The second-order valence-corrected chi connectivity index (χ2v) is 7.86. The number of hydrogen-bond acceptors (Lipinski definition) is 5. The van der Waals surface area contributed by atoms with Gasteiger partial charge in [-0.15, -0.1) is 5.10 Å². The third-order valence-corrected chi connectivity index (χ3v) is 5.33. The molecule has 1 N–H and O–H groups in total. The van der Waals surface area contributed by atoms with Gasteiger partial charge in [-0.3, -0.25) is 14.6 Å². The molecule has 1 amide bonds. The maximum absolute atomic E-state index is 12.3. The smallest absolute Gasteiger partial charge is 0.238 e. The van der Waals surface area contributed by atoms with Gasteiger partial charge in [-0.2, -0.15) is 0 Å². The summed E-state index contributed by atoms with van der Waals surface area (Å²) in [7, 11) is 0. The SMILES string of the molecule is Cc1ccc(NC(=O)CN2CCN(Cc3cn(Cc4ccccc4)nn3)CC2)cc1. The third kappa shape index (κ3) is 5.75. The number of anilines is 1. The largest absolute Gasteiger partial charge is 0.325 e. The standard InChI is InChI=1S/C23H28N6O/c1-19-7-9-21(10-8-19)24-23(30)18-28-13-11-27(12-14-28)16-22-17-29(26-25-22)15-20-5-3-2-4-6-20/h2-10,17H,11-16,18H2,1H3,(H,24,30). The fourth-order valence-corrected chi connectivity index (χ4v) is 3.63. The monoisotopic (exact) mass is 404 g/mol. The molecule has 3 aromatic rings. The second-order valence-electron chi connectivity index (χ2n) is 7.86. The normalized spacial score (nSPS) is 15.2. The summed E-state index contributed by atoms with van der Waals surface area (Å²) in [6, 6.07) is 18.2. The number of carbonyl (C=O) groups excluding carboxylic acids is 1. The van der Waals surface area contributed by atoms with Gasteiger partial charge in [0.25, 0.3) is 0 Å². The van der Waals surface area contributed by atoms with Crippen LogP contribution in [0, 0.1) is 6.92 Å². The number of hydrogen-bond donors (Lipinski definition) is 1. The van der Waals surface area contributed by atoms with Crippen LogP contribution < -0.4 is 5.32 Å². The molecule has 1 fully saturated rings. The van der Waals surface area contributed by atoms with E-state index in [2.05, 4.69) is 37.6 Å². The lowest BCUT2D eigenvalue weighted by molar-refractivity contribution is -0.117.